The molecule has 4 nitrogen and oxygen atoms in total. The van der Waals surface area contributed by atoms with Gasteiger partial charge in [0.2, 0.25) is 0 Å². The first-order valence-electron chi connectivity index (χ1n) is 2.84. The van der Waals surface area contributed by atoms with Gasteiger partial charge in [0, 0.05) is 12.2 Å². The molecule has 0 aromatic rings. The van der Waals surface area contributed by atoms with E-state index in [0.717, 1.165) is 18.2 Å². The zero-order chi connectivity index (χ0) is 8.85. The Morgan fingerprint density at radius 1 is 1.18 bits per heavy atom. The van der Waals surface area contributed by atoms with Crippen molar-refractivity contribution < 1.29 is 19.8 Å². The van der Waals surface area contributed by atoms with Gasteiger partial charge < -0.3 is 10.2 Å². The van der Waals surface area contributed by atoms with E-state index in [4.69, 9.17) is 10.2 Å². The number of carbonyl (C=O) groups is 2. The first-order chi connectivity index (χ1) is 5.02. The van der Waals surface area contributed by atoms with Crippen LogP contribution in [0.2, 0.25) is 0 Å². The van der Waals surface area contributed by atoms with Crippen LogP contribution in [0.25, 0.3) is 0 Å². The first-order valence-corrected chi connectivity index (χ1v) is 2.84. The second kappa shape index (κ2) is 4.27. The molecule has 0 radical (unpaired) electrons. The molecule has 0 aromatic heterocycles. The summed E-state index contributed by atoms with van der Waals surface area (Å²) in [5.74, 6) is -1.87. The van der Waals surface area contributed by atoms with Crippen LogP contribution in [0, 0.1) is 0 Å². The standard InChI is InChI=1S/C7H8O4/c1-5(8)4-6(9)2-3-7(10)11/h2-4,9H,1H3,(H,10,11)/b3-2-,6-4-. The molecule has 2 N–H and O–H groups in total. The average molecular weight is 156 g/mol. The number of aliphatic hydroxyl groups is 1. The third kappa shape index (κ3) is 6.30. The third-order valence-corrected chi connectivity index (χ3v) is 0.748. The van der Waals surface area contributed by atoms with E-state index in [2.05, 4.69) is 0 Å². The highest BCUT2D eigenvalue weighted by molar-refractivity contribution is 5.88. The summed E-state index contributed by atoms with van der Waals surface area (Å²) in [5, 5.41) is 16.8. The summed E-state index contributed by atoms with van der Waals surface area (Å²) in [5.41, 5.74) is 0. The molecule has 0 amide bonds. The lowest BCUT2D eigenvalue weighted by Gasteiger charge is -1.86. The van der Waals surface area contributed by atoms with E-state index in [1.807, 2.05) is 0 Å². The predicted octanol–water partition coefficient (Wildman–Crippen LogP) is 0.658. The number of carboxylic acid groups (broad SMARTS) is 1. The fraction of sp³-hybridized carbons (Fsp3) is 0.143. The highest BCUT2D eigenvalue weighted by Crippen LogP contribution is 1.90. The third-order valence-electron chi connectivity index (χ3n) is 0.748. The zero-order valence-corrected chi connectivity index (χ0v) is 5.94. The van der Waals surface area contributed by atoms with E-state index in [1.165, 1.54) is 6.92 Å². The van der Waals surface area contributed by atoms with Gasteiger partial charge in [-0.25, -0.2) is 4.79 Å². The Morgan fingerprint density at radius 2 is 1.73 bits per heavy atom. The summed E-state index contributed by atoms with van der Waals surface area (Å²) in [6.07, 6.45) is 2.61. The van der Waals surface area contributed by atoms with E-state index >= 15 is 0 Å². The highest BCUT2D eigenvalue weighted by Gasteiger charge is 1.91. The number of hydrogen-bond donors (Lipinski definition) is 2. The number of carbonyl (C=O) groups excluding carboxylic acids is 1. The lowest BCUT2D eigenvalue weighted by molar-refractivity contribution is -0.131. The van der Waals surface area contributed by atoms with Gasteiger partial charge in [-0.3, -0.25) is 4.79 Å². The van der Waals surface area contributed by atoms with Crippen LogP contribution in [0.4, 0.5) is 0 Å². The SMILES string of the molecule is CC(=O)/C=C(O)/C=C\C(=O)O. The molecule has 0 aliphatic heterocycles. The minimum atomic E-state index is -1.17. The van der Waals surface area contributed by atoms with Crippen LogP contribution < -0.4 is 0 Å². The van der Waals surface area contributed by atoms with Crippen molar-refractivity contribution in [3.05, 3.63) is 24.0 Å². The van der Waals surface area contributed by atoms with E-state index in [9.17, 15) is 9.59 Å². The van der Waals surface area contributed by atoms with Gasteiger partial charge in [-0.1, -0.05) is 0 Å². The maximum atomic E-state index is 10.3. The number of aliphatic hydroxyl groups excluding tert-OH is 1. The number of hydrogen-bond acceptors (Lipinski definition) is 3. The van der Waals surface area contributed by atoms with Gasteiger partial charge in [-0.15, -0.1) is 0 Å². The molecule has 0 bridgehead atoms. The highest BCUT2D eigenvalue weighted by atomic mass is 16.4. The Hall–Kier alpha value is -1.58. The maximum Gasteiger partial charge on any atom is 0.328 e. The summed E-state index contributed by atoms with van der Waals surface area (Å²) in [6, 6.07) is 0. The first kappa shape index (κ1) is 9.42. The molecule has 0 unspecified atom stereocenters. The average Bonchev–Trinajstić information content (AvgIpc) is 1.82. The molecule has 0 saturated heterocycles. The fourth-order valence-corrected chi connectivity index (χ4v) is 0.413. The van der Waals surface area contributed by atoms with Gasteiger partial charge in [-0.2, -0.15) is 0 Å². The van der Waals surface area contributed by atoms with Crippen LogP contribution in [0.15, 0.2) is 24.0 Å². The molecular formula is C7H8O4. The molecule has 11 heavy (non-hydrogen) atoms. The lowest BCUT2D eigenvalue weighted by Crippen LogP contribution is -1.89. The number of allylic oxidation sites excluding steroid dienone is 2. The second-order valence-electron chi connectivity index (χ2n) is 1.85. The number of aliphatic carboxylic acids is 1. The van der Waals surface area contributed by atoms with Gasteiger partial charge in [0.05, 0.1) is 0 Å². The monoisotopic (exact) mass is 156 g/mol. The van der Waals surface area contributed by atoms with Gasteiger partial charge in [0.25, 0.3) is 0 Å². The van der Waals surface area contributed by atoms with Gasteiger partial charge >= 0.3 is 5.97 Å². The van der Waals surface area contributed by atoms with Crippen molar-refractivity contribution in [2.24, 2.45) is 0 Å². The normalized spacial score (nSPS) is 11.9. The number of ketones is 1. The van der Waals surface area contributed by atoms with E-state index in [0.29, 0.717) is 0 Å². The van der Waals surface area contributed by atoms with E-state index in [1.54, 1.807) is 0 Å². The van der Waals surface area contributed by atoms with Crippen molar-refractivity contribution in [2.75, 3.05) is 0 Å². The summed E-state index contributed by atoms with van der Waals surface area (Å²) in [6.45, 7) is 1.25. The molecule has 0 aliphatic carbocycles. The van der Waals surface area contributed by atoms with Crippen molar-refractivity contribution in [2.45, 2.75) is 6.92 Å². The molecular weight excluding hydrogens is 148 g/mol. The van der Waals surface area contributed by atoms with Crippen molar-refractivity contribution in [3.63, 3.8) is 0 Å². The van der Waals surface area contributed by atoms with Crippen molar-refractivity contribution in [1.82, 2.24) is 0 Å². The Bertz CT molecular complexity index is 225. The zero-order valence-electron chi connectivity index (χ0n) is 5.94. The quantitative estimate of drug-likeness (QED) is 0.357. The molecule has 0 atom stereocenters. The smallest absolute Gasteiger partial charge is 0.328 e. The van der Waals surface area contributed by atoms with Crippen molar-refractivity contribution >= 4 is 11.8 Å². The van der Waals surface area contributed by atoms with Gasteiger partial charge in [-0.05, 0) is 13.0 Å². The molecule has 0 fully saturated rings. The molecule has 0 aromatic carbocycles. The van der Waals surface area contributed by atoms with Crippen LogP contribution >= 0.6 is 0 Å². The topological polar surface area (TPSA) is 74.6 Å². The number of rotatable bonds is 3. The molecule has 4 heteroatoms. The Kier molecular flexibility index (Phi) is 3.66. The summed E-state index contributed by atoms with van der Waals surface area (Å²) in [7, 11) is 0. The minimum absolute atomic E-state index is 0.336. The van der Waals surface area contributed by atoms with Crippen LogP contribution in [-0.2, 0) is 9.59 Å². The predicted molar refractivity (Wildman–Crippen MR) is 38.2 cm³/mol. The van der Waals surface area contributed by atoms with E-state index in [-0.39, 0.29) is 11.5 Å². The van der Waals surface area contributed by atoms with Crippen LogP contribution in [0.1, 0.15) is 6.92 Å². The van der Waals surface area contributed by atoms with Gasteiger partial charge in [0.15, 0.2) is 5.78 Å². The van der Waals surface area contributed by atoms with Crippen molar-refractivity contribution in [1.29, 1.82) is 0 Å². The maximum absolute atomic E-state index is 10.3. The largest absolute Gasteiger partial charge is 0.508 e. The molecule has 0 rings (SSSR count). The fourth-order valence-electron chi connectivity index (χ4n) is 0.413. The molecule has 0 spiro atoms. The van der Waals surface area contributed by atoms with Crippen LogP contribution in [0.5, 0.6) is 0 Å². The van der Waals surface area contributed by atoms with Gasteiger partial charge in [0.1, 0.15) is 5.76 Å². The van der Waals surface area contributed by atoms with Crippen molar-refractivity contribution in [3.8, 4) is 0 Å². The minimum Gasteiger partial charge on any atom is -0.508 e. The Labute approximate surface area is 63.5 Å². The molecule has 0 saturated carbocycles. The Morgan fingerprint density at radius 3 is 2.09 bits per heavy atom. The summed E-state index contributed by atoms with van der Waals surface area (Å²) < 4.78 is 0. The Balaban J connectivity index is 4.17. The summed E-state index contributed by atoms with van der Waals surface area (Å²) >= 11 is 0. The lowest BCUT2D eigenvalue weighted by atomic mass is 10.3. The number of carboxylic acids is 1. The molecule has 0 heterocycles. The van der Waals surface area contributed by atoms with E-state index < -0.39 is 5.97 Å². The van der Waals surface area contributed by atoms with Crippen LogP contribution in [-0.4, -0.2) is 22.0 Å². The van der Waals surface area contributed by atoms with Crippen LogP contribution in [0.3, 0.4) is 0 Å². The molecule has 60 valence electrons. The second-order valence-corrected chi connectivity index (χ2v) is 1.85. The molecule has 0 aliphatic rings. The summed E-state index contributed by atoms with van der Waals surface area (Å²) in [4.78, 5) is 20.2.